The van der Waals surface area contributed by atoms with Crippen LogP contribution in [0.15, 0.2) is 97.2 Å². The summed E-state index contributed by atoms with van der Waals surface area (Å²) in [6.07, 6.45) is 78.9. The molecule has 4 heteroatoms. The van der Waals surface area contributed by atoms with Crippen LogP contribution < -0.4 is 0 Å². The fourth-order valence-electron chi connectivity index (χ4n) is 7.53. The molecule has 0 aromatic rings. The summed E-state index contributed by atoms with van der Waals surface area (Å²) < 4.78 is 18.0. The summed E-state index contributed by atoms with van der Waals surface area (Å²) in [5.74, 6) is -0.170. The summed E-state index contributed by atoms with van der Waals surface area (Å²) in [6, 6.07) is 0. The molecule has 0 heterocycles. The van der Waals surface area contributed by atoms with Crippen molar-refractivity contribution in [2.75, 3.05) is 26.4 Å². The molecule has 0 bridgehead atoms. The predicted molar refractivity (Wildman–Crippen MR) is 288 cm³/mol. The molecule has 0 saturated carbocycles. The molecular formula is C61H106O4. The minimum Gasteiger partial charge on any atom is -0.457 e. The molecule has 0 aromatic heterocycles. The van der Waals surface area contributed by atoms with Gasteiger partial charge in [-0.15, -0.1) is 0 Å². The monoisotopic (exact) mass is 903 g/mol. The summed E-state index contributed by atoms with van der Waals surface area (Å²) in [7, 11) is 0. The smallest absolute Gasteiger partial charge is 0.306 e. The minimum absolute atomic E-state index is 0.170. The molecule has 0 radical (unpaired) electrons. The quantitative estimate of drug-likeness (QED) is 0.0347. The van der Waals surface area contributed by atoms with Gasteiger partial charge in [0.05, 0.1) is 13.2 Å². The first-order valence-electron chi connectivity index (χ1n) is 27.8. The number of esters is 1. The SMILES string of the molecule is CC/C=C\C/C=C\C/C=C\C/C=C\C/C=C\C/C=C\CCC(=O)OC(COCCCCCCCC/C=C\CCCCCCCC)COCCCCCCCC/C=C\CCCCCCCC. The van der Waals surface area contributed by atoms with Crippen LogP contribution in [-0.4, -0.2) is 38.5 Å². The van der Waals surface area contributed by atoms with Gasteiger partial charge in [-0.2, -0.15) is 0 Å². The number of hydrogen-bond acceptors (Lipinski definition) is 4. The van der Waals surface area contributed by atoms with Crippen LogP contribution in [0, 0.1) is 0 Å². The van der Waals surface area contributed by atoms with Gasteiger partial charge in [-0.05, 0) is 109 Å². The van der Waals surface area contributed by atoms with E-state index in [1.54, 1.807) is 0 Å². The Bertz CT molecular complexity index is 1140. The van der Waals surface area contributed by atoms with E-state index >= 15 is 0 Å². The van der Waals surface area contributed by atoms with Crippen molar-refractivity contribution in [3.8, 4) is 0 Å². The molecule has 0 spiro atoms. The lowest BCUT2D eigenvalue weighted by atomic mass is 10.1. The van der Waals surface area contributed by atoms with Gasteiger partial charge in [-0.25, -0.2) is 0 Å². The second-order valence-electron chi connectivity index (χ2n) is 18.1. The van der Waals surface area contributed by atoms with Gasteiger partial charge in [0.2, 0.25) is 0 Å². The molecule has 0 atom stereocenters. The maximum Gasteiger partial charge on any atom is 0.306 e. The van der Waals surface area contributed by atoms with Gasteiger partial charge in [0, 0.05) is 19.6 Å². The van der Waals surface area contributed by atoms with E-state index in [-0.39, 0.29) is 12.1 Å². The molecule has 65 heavy (non-hydrogen) atoms. The fraction of sp³-hybridized carbons (Fsp3) is 0.721. The predicted octanol–water partition coefficient (Wildman–Crippen LogP) is 19.5. The van der Waals surface area contributed by atoms with Crippen molar-refractivity contribution in [3.05, 3.63) is 97.2 Å². The molecule has 0 saturated heterocycles. The highest BCUT2D eigenvalue weighted by Crippen LogP contribution is 2.13. The largest absolute Gasteiger partial charge is 0.457 e. The Morgan fingerprint density at radius 3 is 0.985 bits per heavy atom. The first-order chi connectivity index (χ1) is 32.2. The van der Waals surface area contributed by atoms with Crippen molar-refractivity contribution in [3.63, 3.8) is 0 Å². The number of rotatable bonds is 51. The van der Waals surface area contributed by atoms with Crippen LogP contribution in [0.4, 0.5) is 0 Å². The molecule has 0 rings (SSSR count). The number of carbonyl (C=O) groups excluding carboxylic acids is 1. The van der Waals surface area contributed by atoms with E-state index in [0.29, 0.717) is 39.3 Å². The first-order valence-corrected chi connectivity index (χ1v) is 27.8. The Labute approximate surface area is 405 Å². The molecule has 0 N–H and O–H groups in total. The maximum atomic E-state index is 12.8. The number of allylic oxidation sites excluding steroid dienone is 16. The molecule has 0 unspecified atom stereocenters. The highest BCUT2D eigenvalue weighted by molar-refractivity contribution is 5.69. The summed E-state index contributed by atoms with van der Waals surface area (Å²) >= 11 is 0. The van der Waals surface area contributed by atoms with E-state index in [4.69, 9.17) is 14.2 Å². The number of carbonyl (C=O) groups is 1. The van der Waals surface area contributed by atoms with E-state index < -0.39 is 0 Å². The van der Waals surface area contributed by atoms with Crippen molar-refractivity contribution in [2.24, 2.45) is 0 Å². The zero-order chi connectivity index (χ0) is 46.9. The van der Waals surface area contributed by atoms with Gasteiger partial charge in [0.1, 0.15) is 6.10 Å². The third kappa shape index (κ3) is 55.5. The Morgan fingerprint density at radius 2 is 0.631 bits per heavy atom. The van der Waals surface area contributed by atoms with Crippen molar-refractivity contribution in [2.45, 2.75) is 258 Å². The standard InChI is InChI=1S/C61H106O4/c1-4-7-10-13-16-19-22-25-28-31-32-33-34-37-40-43-46-49-52-55-61(62)65-60(58-63-56-53-50-47-44-41-38-35-29-26-23-20-17-14-11-8-5-2)59-64-57-54-51-48-45-42-39-36-30-27-24-21-18-15-12-9-6-3/h7,10,16,19,25-30,32-33,37,40,46,49,60H,4-6,8-9,11-15,17-18,20-24,31,34-36,38-39,41-45,47-48,50-59H2,1-3H3/b10-7-,19-16-,28-25-,29-26-,30-27-,33-32-,40-37-,49-46-. The van der Waals surface area contributed by atoms with Crippen molar-refractivity contribution < 1.29 is 19.0 Å². The lowest BCUT2D eigenvalue weighted by Crippen LogP contribution is -2.29. The third-order valence-electron chi connectivity index (χ3n) is 11.6. The van der Waals surface area contributed by atoms with Crippen molar-refractivity contribution in [1.29, 1.82) is 0 Å². The number of unbranched alkanes of at least 4 members (excludes halogenated alkanes) is 24. The number of ether oxygens (including phenoxy) is 3. The van der Waals surface area contributed by atoms with Crippen LogP contribution in [0.2, 0.25) is 0 Å². The van der Waals surface area contributed by atoms with Gasteiger partial charge in [0.25, 0.3) is 0 Å². The molecule has 0 fully saturated rings. The summed E-state index contributed by atoms with van der Waals surface area (Å²) in [6.45, 7) is 8.96. The van der Waals surface area contributed by atoms with E-state index in [1.807, 2.05) is 0 Å². The second kappa shape index (κ2) is 57.4. The molecule has 0 aliphatic rings. The van der Waals surface area contributed by atoms with Crippen molar-refractivity contribution >= 4 is 5.97 Å². The zero-order valence-corrected chi connectivity index (χ0v) is 43.2. The second-order valence-corrected chi connectivity index (χ2v) is 18.1. The third-order valence-corrected chi connectivity index (χ3v) is 11.6. The number of hydrogen-bond donors (Lipinski definition) is 0. The van der Waals surface area contributed by atoms with E-state index in [9.17, 15) is 4.79 Å². The van der Waals surface area contributed by atoms with Gasteiger partial charge in [-0.3, -0.25) is 4.79 Å². The molecule has 4 nitrogen and oxygen atoms in total. The van der Waals surface area contributed by atoms with Crippen LogP contribution in [0.25, 0.3) is 0 Å². The Hall–Kier alpha value is -2.69. The van der Waals surface area contributed by atoms with Crippen LogP contribution in [-0.2, 0) is 19.0 Å². The lowest BCUT2D eigenvalue weighted by molar-refractivity contribution is -0.156. The molecule has 0 aliphatic carbocycles. The highest BCUT2D eigenvalue weighted by Gasteiger charge is 2.15. The highest BCUT2D eigenvalue weighted by atomic mass is 16.6. The van der Waals surface area contributed by atoms with Gasteiger partial charge < -0.3 is 14.2 Å². The Balaban J connectivity index is 4.32. The maximum absolute atomic E-state index is 12.8. The molecule has 0 aliphatic heterocycles. The van der Waals surface area contributed by atoms with Crippen LogP contribution >= 0.6 is 0 Å². The van der Waals surface area contributed by atoms with Gasteiger partial charge in [0.15, 0.2) is 0 Å². The summed E-state index contributed by atoms with van der Waals surface area (Å²) in [4.78, 5) is 12.8. The van der Waals surface area contributed by atoms with E-state index in [0.717, 1.165) is 51.4 Å². The zero-order valence-electron chi connectivity index (χ0n) is 43.2. The lowest BCUT2D eigenvalue weighted by Gasteiger charge is -2.18. The summed E-state index contributed by atoms with van der Waals surface area (Å²) in [5, 5.41) is 0. The van der Waals surface area contributed by atoms with E-state index in [1.165, 1.54) is 167 Å². The van der Waals surface area contributed by atoms with Crippen LogP contribution in [0.5, 0.6) is 0 Å². The van der Waals surface area contributed by atoms with Gasteiger partial charge in [-0.1, -0.05) is 234 Å². The fourth-order valence-corrected chi connectivity index (χ4v) is 7.53. The normalized spacial score (nSPS) is 12.7. The Morgan fingerprint density at radius 1 is 0.338 bits per heavy atom. The molecular weight excluding hydrogens is 797 g/mol. The van der Waals surface area contributed by atoms with Crippen molar-refractivity contribution in [1.82, 2.24) is 0 Å². The average molecular weight is 904 g/mol. The molecule has 0 amide bonds. The van der Waals surface area contributed by atoms with Crippen LogP contribution in [0.3, 0.4) is 0 Å². The molecule has 374 valence electrons. The summed E-state index contributed by atoms with van der Waals surface area (Å²) in [5.41, 5.74) is 0. The van der Waals surface area contributed by atoms with Gasteiger partial charge >= 0.3 is 5.97 Å². The first kappa shape index (κ1) is 62.3. The van der Waals surface area contributed by atoms with E-state index in [2.05, 4.69) is 118 Å². The molecule has 0 aromatic carbocycles. The average Bonchev–Trinajstić information content (AvgIpc) is 3.31. The topological polar surface area (TPSA) is 44.8 Å². The Kier molecular flexibility index (Phi) is 55.1. The van der Waals surface area contributed by atoms with Crippen LogP contribution in [0.1, 0.15) is 252 Å². The minimum atomic E-state index is -0.351.